The molecule has 0 radical (unpaired) electrons. The van der Waals surface area contributed by atoms with Crippen LogP contribution in [0.3, 0.4) is 0 Å². The molecule has 1 saturated heterocycles. The van der Waals surface area contributed by atoms with Crippen molar-refractivity contribution >= 4 is 19.4 Å². The van der Waals surface area contributed by atoms with Gasteiger partial charge in [-0.1, -0.05) is 42.5 Å². The number of nitrogens with zero attached hydrogens (tertiary/aromatic N) is 4. The summed E-state index contributed by atoms with van der Waals surface area (Å²) in [6.45, 7) is 4.86. The molecule has 1 aromatic heterocycles. The summed E-state index contributed by atoms with van der Waals surface area (Å²) in [5.41, 5.74) is 3.14. The third-order valence-electron chi connectivity index (χ3n) is 5.67. The fraction of sp³-hybridized carbons (Fsp3) is 0.360. The van der Waals surface area contributed by atoms with Crippen LogP contribution in [0.5, 0.6) is 5.75 Å². The SMILES string of the molecule is CNCC[C@H](Oc1cccc(-c2ccnc(N3CCN(C)CC3)n2)c1)c1ccccc1.S. The maximum absolute atomic E-state index is 6.42. The van der Waals surface area contributed by atoms with Crippen LogP contribution in [0.4, 0.5) is 5.95 Å². The Hall–Kier alpha value is -2.61. The van der Waals surface area contributed by atoms with Crippen LogP contribution in [0, 0.1) is 0 Å². The minimum absolute atomic E-state index is 0. The van der Waals surface area contributed by atoms with E-state index in [1.54, 1.807) is 0 Å². The van der Waals surface area contributed by atoms with Gasteiger partial charge in [-0.2, -0.15) is 13.5 Å². The van der Waals surface area contributed by atoms with Crippen molar-refractivity contribution in [1.82, 2.24) is 20.2 Å². The molecule has 1 N–H and O–H groups in total. The van der Waals surface area contributed by atoms with Crippen LogP contribution in [0.15, 0.2) is 66.9 Å². The monoisotopic (exact) mass is 451 g/mol. The highest BCUT2D eigenvalue weighted by atomic mass is 32.1. The van der Waals surface area contributed by atoms with Gasteiger partial charge in [-0.05, 0) is 44.4 Å². The first-order valence-corrected chi connectivity index (χ1v) is 11.0. The van der Waals surface area contributed by atoms with Gasteiger partial charge < -0.3 is 19.9 Å². The second-order valence-corrected chi connectivity index (χ2v) is 7.97. The molecule has 0 saturated carbocycles. The summed E-state index contributed by atoms with van der Waals surface area (Å²) in [5, 5.41) is 3.23. The zero-order valence-corrected chi connectivity index (χ0v) is 19.9. The molecule has 3 aromatic rings. The van der Waals surface area contributed by atoms with Gasteiger partial charge in [0.2, 0.25) is 5.95 Å². The number of nitrogens with one attached hydrogen (secondary N) is 1. The fourth-order valence-electron chi connectivity index (χ4n) is 3.80. The normalized spacial score (nSPS) is 15.1. The van der Waals surface area contributed by atoms with Crippen molar-refractivity contribution in [1.29, 1.82) is 0 Å². The van der Waals surface area contributed by atoms with E-state index in [9.17, 15) is 0 Å². The van der Waals surface area contributed by atoms with E-state index in [1.807, 2.05) is 37.5 Å². The number of hydrogen-bond donors (Lipinski definition) is 1. The lowest BCUT2D eigenvalue weighted by molar-refractivity contribution is 0.195. The van der Waals surface area contributed by atoms with Crippen LogP contribution in [-0.4, -0.2) is 61.7 Å². The standard InChI is InChI=1S/C25H31N5O.H2S/c1-26-13-12-24(20-7-4-3-5-8-20)31-22-10-6-9-21(19-22)23-11-14-27-25(28-23)30-17-15-29(2)16-18-30;/h3-11,14,19,24,26H,12-13,15-18H2,1-2H3;1H2/t24-;/m0./s1. The van der Waals surface area contributed by atoms with Crippen LogP contribution >= 0.6 is 13.5 Å². The summed E-state index contributed by atoms with van der Waals surface area (Å²) in [7, 11) is 4.12. The summed E-state index contributed by atoms with van der Waals surface area (Å²) in [6, 6.07) is 20.6. The maximum atomic E-state index is 6.42. The number of likely N-dealkylation sites (N-methyl/N-ethyl adjacent to an activating group) is 1. The van der Waals surface area contributed by atoms with Gasteiger partial charge >= 0.3 is 0 Å². The van der Waals surface area contributed by atoms with E-state index in [0.717, 1.165) is 62.1 Å². The van der Waals surface area contributed by atoms with Gasteiger partial charge in [-0.3, -0.25) is 0 Å². The van der Waals surface area contributed by atoms with Gasteiger partial charge in [0.1, 0.15) is 11.9 Å². The van der Waals surface area contributed by atoms with Gasteiger partial charge in [0.05, 0.1) is 5.69 Å². The van der Waals surface area contributed by atoms with E-state index in [0.29, 0.717) is 0 Å². The third kappa shape index (κ3) is 6.22. The minimum Gasteiger partial charge on any atom is -0.486 e. The average molecular weight is 452 g/mol. The molecule has 0 aliphatic carbocycles. The van der Waals surface area contributed by atoms with Crippen molar-refractivity contribution in [3.63, 3.8) is 0 Å². The summed E-state index contributed by atoms with van der Waals surface area (Å²) in [5.74, 6) is 1.65. The predicted octanol–water partition coefficient (Wildman–Crippen LogP) is 3.74. The van der Waals surface area contributed by atoms with Crippen LogP contribution in [0.2, 0.25) is 0 Å². The van der Waals surface area contributed by atoms with Gasteiger partial charge in [-0.15, -0.1) is 0 Å². The number of rotatable bonds is 8. The molecule has 170 valence electrons. The highest BCUT2D eigenvalue weighted by Crippen LogP contribution is 2.28. The molecule has 1 fully saturated rings. The number of aromatic nitrogens is 2. The quantitative estimate of drug-likeness (QED) is 0.563. The van der Waals surface area contributed by atoms with Crippen LogP contribution in [-0.2, 0) is 0 Å². The summed E-state index contributed by atoms with van der Waals surface area (Å²) >= 11 is 0. The topological polar surface area (TPSA) is 53.5 Å². The Morgan fingerprint density at radius 3 is 2.53 bits per heavy atom. The molecule has 1 atom stereocenters. The first-order chi connectivity index (χ1) is 15.2. The van der Waals surface area contributed by atoms with E-state index in [-0.39, 0.29) is 19.6 Å². The van der Waals surface area contributed by atoms with Gasteiger partial charge in [0.15, 0.2) is 0 Å². The molecule has 2 aromatic carbocycles. The molecule has 6 nitrogen and oxygen atoms in total. The van der Waals surface area contributed by atoms with E-state index in [1.165, 1.54) is 5.56 Å². The summed E-state index contributed by atoms with van der Waals surface area (Å²) in [6.07, 6.45) is 2.74. The lowest BCUT2D eigenvalue weighted by Gasteiger charge is -2.32. The highest BCUT2D eigenvalue weighted by Gasteiger charge is 2.17. The molecule has 0 spiro atoms. The van der Waals surface area contributed by atoms with Crippen molar-refractivity contribution in [3.05, 3.63) is 72.4 Å². The van der Waals surface area contributed by atoms with E-state index < -0.39 is 0 Å². The molecule has 1 aliphatic rings. The van der Waals surface area contributed by atoms with Gasteiger partial charge in [0.25, 0.3) is 0 Å². The number of anilines is 1. The zero-order chi connectivity index (χ0) is 21.5. The number of ether oxygens (including phenoxy) is 1. The van der Waals surface area contributed by atoms with Crippen molar-refractivity contribution in [3.8, 4) is 17.0 Å². The summed E-state index contributed by atoms with van der Waals surface area (Å²) in [4.78, 5) is 14.0. The van der Waals surface area contributed by atoms with E-state index in [4.69, 9.17) is 9.72 Å². The molecule has 0 bridgehead atoms. The molecular weight excluding hydrogens is 418 g/mol. The number of benzene rings is 2. The molecule has 4 rings (SSSR count). The van der Waals surface area contributed by atoms with Crippen molar-refractivity contribution < 1.29 is 4.74 Å². The number of piperazine rings is 1. The van der Waals surface area contributed by atoms with Crippen LogP contribution in [0.25, 0.3) is 11.3 Å². The lowest BCUT2D eigenvalue weighted by atomic mass is 10.1. The van der Waals surface area contributed by atoms with Gasteiger partial charge in [0, 0.05) is 44.4 Å². The molecule has 0 amide bonds. The van der Waals surface area contributed by atoms with Crippen LogP contribution in [0.1, 0.15) is 18.1 Å². The first-order valence-electron chi connectivity index (χ1n) is 11.0. The average Bonchev–Trinajstić information content (AvgIpc) is 2.83. The Balaban J connectivity index is 0.00000289. The number of hydrogen-bond acceptors (Lipinski definition) is 6. The second-order valence-electron chi connectivity index (χ2n) is 7.97. The molecule has 0 unspecified atom stereocenters. The van der Waals surface area contributed by atoms with Crippen molar-refractivity contribution in [2.24, 2.45) is 0 Å². The Bertz CT molecular complexity index is 963. The Labute approximate surface area is 198 Å². The second kappa shape index (κ2) is 11.9. The van der Waals surface area contributed by atoms with Gasteiger partial charge in [-0.25, -0.2) is 9.97 Å². The smallest absolute Gasteiger partial charge is 0.225 e. The zero-order valence-electron chi connectivity index (χ0n) is 18.9. The van der Waals surface area contributed by atoms with Crippen LogP contribution < -0.4 is 15.0 Å². The summed E-state index contributed by atoms with van der Waals surface area (Å²) < 4.78 is 6.42. The Morgan fingerprint density at radius 2 is 1.78 bits per heavy atom. The third-order valence-corrected chi connectivity index (χ3v) is 5.67. The van der Waals surface area contributed by atoms with E-state index in [2.05, 4.69) is 63.5 Å². The Morgan fingerprint density at radius 1 is 1.00 bits per heavy atom. The maximum Gasteiger partial charge on any atom is 0.225 e. The lowest BCUT2D eigenvalue weighted by Crippen LogP contribution is -2.45. The van der Waals surface area contributed by atoms with Crippen molar-refractivity contribution in [2.75, 3.05) is 51.7 Å². The van der Waals surface area contributed by atoms with Crippen molar-refractivity contribution in [2.45, 2.75) is 12.5 Å². The first kappa shape index (κ1) is 24.0. The predicted molar refractivity (Wildman–Crippen MR) is 136 cm³/mol. The minimum atomic E-state index is -0.00444. The van der Waals surface area contributed by atoms with E-state index >= 15 is 0 Å². The largest absolute Gasteiger partial charge is 0.486 e. The molecular formula is C25H33N5OS. The Kier molecular flexibility index (Phi) is 8.90. The molecule has 1 aliphatic heterocycles. The molecule has 32 heavy (non-hydrogen) atoms. The molecule has 2 heterocycles. The fourth-order valence-corrected chi connectivity index (χ4v) is 3.80. The highest BCUT2D eigenvalue weighted by molar-refractivity contribution is 7.59. The molecule has 7 heteroatoms.